The molecule has 2 unspecified atom stereocenters. The molecule has 0 radical (unpaired) electrons. The van der Waals surface area contributed by atoms with Crippen LogP contribution in [-0.2, 0) is 4.74 Å². The first-order valence-corrected chi connectivity index (χ1v) is 8.71. The summed E-state index contributed by atoms with van der Waals surface area (Å²) >= 11 is 3.60. The fraction of sp³-hybridized carbons (Fsp3) is 0.765. The van der Waals surface area contributed by atoms with E-state index in [4.69, 9.17) is 4.74 Å². The monoisotopic (exact) mass is 332 g/mol. The average molecular weight is 333 g/mol. The number of ether oxygens (including phenoxy) is 1. The fourth-order valence-corrected chi connectivity index (χ4v) is 3.03. The van der Waals surface area contributed by atoms with E-state index in [0.29, 0.717) is 5.92 Å². The van der Waals surface area contributed by atoms with Gasteiger partial charge in [-0.2, -0.15) is 0 Å². The van der Waals surface area contributed by atoms with Crippen molar-refractivity contribution in [2.75, 3.05) is 7.11 Å². The van der Waals surface area contributed by atoms with E-state index >= 15 is 0 Å². The Morgan fingerprint density at radius 1 is 1.05 bits per heavy atom. The van der Waals surface area contributed by atoms with Crippen molar-refractivity contribution < 1.29 is 4.74 Å². The average Bonchev–Trinajstić information content (AvgIpc) is 2.53. The van der Waals surface area contributed by atoms with E-state index in [2.05, 4.69) is 28.1 Å². The molecule has 0 spiro atoms. The van der Waals surface area contributed by atoms with E-state index in [0.717, 1.165) is 18.1 Å². The highest BCUT2D eigenvalue weighted by Crippen LogP contribution is 2.42. The van der Waals surface area contributed by atoms with E-state index < -0.39 is 0 Å². The summed E-state index contributed by atoms with van der Waals surface area (Å²) in [5.41, 5.74) is 0. The van der Waals surface area contributed by atoms with Crippen molar-refractivity contribution in [2.24, 2.45) is 11.8 Å². The molecule has 1 nitrogen and oxygen atoms in total. The van der Waals surface area contributed by atoms with E-state index in [1.165, 1.54) is 23.7 Å². The van der Waals surface area contributed by atoms with E-state index in [-0.39, 0.29) is 0 Å². The number of rotatable bonds is 1. The number of hydrogen-bond acceptors (Lipinski definition) is 1. The zero-order valence-electron chi connectivity index (χ0n) is 13.9. The summed E-state index contributed by atoms with van der Waals surface area (Å²) in [7, 11) is 1.78. The van der Waals surface area contributed by atoms with Crippen molar-refractivity contribution in [3.63, 3.8) is 0 Å². The Bertz CT molecular complexity index is 256. The predicted octanol–water partition coefficient (Wildman–Crippen LogP) is 6.69. The van der Waals surface area contributed by atoms with Crippen molar-refractivity contribution >= 4 is 15.9 Å². The first kappa shape index (κ1) is 21.1. The summed E-state index contributed by atoms with van der Waals surface area (Å²) in [6.07, 6.45) is 9.63. The summed E-state index contributed by atoms with van der Waals surface area (Å²) in [5, 5.41) is 0. The molecule has 2 rings (SSSR count). The van der Waals surface area contributed by atoms with Crippen molar-refractivity contribution in [2.45, 2.75) is 67.2 Å². The van der Waals surface area contributed by atoms with Crippen LogP contribution < -0.4 is 0 Å². The molecule has 2 atom stereocenters. The van der Waals surface area contributed by atoms with Gasteiger partial charge in [0.2, 0.25) is 0 Å². The molecule has 0 aromatic carbocycles. The van der Waals surface area contributed by atoms with Crippen molar-refractivity contribution in [1.82, 2.24) is 0 Å². The van der Waals surface area contributed by atoms with Crippen LogP contribution in [0.1, 0.15) is 67.2 Å². The summed E-state index contributed by atoms with van der Waals surface area (Å²) in [5.74, 6) is 2.52. The molecular formula is C17H33BrO. The van der Waals surface area contributed by atoms with E-state index in [9.17, 15) is 0 Å². The summed E-state index contributed by atoms with van der Waals surface area (Å²) < 4.78 is 6.72. The van der Waals surface area contributed by atoms with Gasteiger partial charge in [0, 0.05) is 10.4 Å². The largest absolute Gasteiger partial charge is 0.500 e. The molecule has 0 amide bonds. The normalized spacial score (nSPS) is 23.6. The first-order valence-electron chi connectivity index (χ1n) is 7.92. The van der Waals surface area contributed by atoms with Gasteiger partial charge in [-0.15, -0.1) is 0 Å². The summed E-state index contributed by atoms with van der Waals surface area (Å²) in [6.45, 7) is 12.0. The predicted molar refractivity (Wildman–Crippen MR) is 91.6 cm³/mol. The van der Waals surface area contributed by atoms with Crippen LogP contribution in [0.25, 0.3) is 0 Å². The molecule has 0 bridgehead atoms. The Morgan fingerprint density at radius 3 is 2.16 bits per heavy atom. The minimum atomic E-state index is 0.543. The quantitative estimate of drug-likeness (QED) is 0.485. The Hall–Kier alpha value is -0.240. The lowest BCUT2D eigenvalue weighted by Gasteiger charge is -2.33. The molecular weight excluding hydrogens is 300 g/mol. The van der Waals surface area contributed by atoms with Crippen LogP contribution in [0.3, 0.4) is 0 Å². The number of methoxy groups -OCH3 is 1. The summed E-state index contributed by atoms with van der Waals surface area (Å²) in [6, 6.07) is 0. The maximum absolute atomic E-state index is 5.45. The standard InChI is InChI=1S/C11H15BrO.3C2H6/c1-13-11-9-5-3-2-4-8(9)6-7-10(11)12;3*1-2/h3,5,8-9H,2,4,6-7H2,1H3;3*1-2H3. The summed E-state index contributed by atoms with van der Waals surface area (Å²) in [4.78, 5) is 0. The Kier molecular flexibility index (Phi) is 15.7. The fourth-order valence-electron chi connectivity index (χ4n) is 2.38. The van der Waals surface area contributed by atoms with Gasteiger partial charge in [0.15, 0.2) is 0 Å². The molecule has 114 valence electrons. The van der Waals surface area contributed by atoms with Crippen molar-refractivity contribution in [3.8, 4) is 0 Å². The number of halogens is 1. The van der Waals surface area contributed by atoms with Crippen LogP contribution in [-0.4, -0.2) is 7.11 Å². The second-order valence-electron chi connectivity index (χ2n) is 3.80. The maximum atomic E-state index is 5.45. The molecule has 0 aromatic rings. The number of allylic oxidation sites excluding steroid dienone is 3. The second kappa shape index (κ2) is 14.2. The van der Waals surface area contributed by atoms with Gasteiger partial charge in [0.25, 0.3) is 0 Å². The van der Waals surface area contributed by atoms with Gasteiger partial charge in [-0.1, -0.05) is 69.6 Å². The third kappa shape index (κ3) is 6.65. The lowest BCUT2D eigenvalue weighted by molar-refractivity contribution is 0.197. The van der Waals surface area contributed by atoms with Crippen molar-refractivity contribution in [3.05, 3.63) is 22.4 Å². The molecule has 19 heavy (non-hydrogen) atoms. The van der Waals surface area contributed by atoms with Crippen LogP contribution in [0, 0.1) is 11.8 Å². The molecule has 0 aliphatic heterocycles. The minimum Gasteiger partial charge on any atom is -0.500 e. The lowest BCUT2D eigenvalue weighted by Crippen LogP contribution is -2.23. The van der Waals surface area contributed by atoms with Gasteiger partial charge in [0.05, 0.1) is 7.11 Å². The second-order valence-corrected chi connectivity index (χ2v) is 4.76. The van der Waals surface area contributed by atoms with Crippen molar-refractivity contribution in [1.29, 1.82) is 0 Å². The third-order valence-electron chi connectivity index (χ3n) is 3.08. The first-order chi connectivity index (χ1) is 9.33. The molecule has 0 fully saturated rings. The molecule has 2 aliphatic carbocycles. The van der Waals surface area contributed by atoms with Gasteiger partial charge >= 0.3 is 0 Å². The zero-order chi connectivity index (χ0) is 15.3. The zero-order valence-corrected chi connectivity index (χ0v) is 15.5. The highest BCUT2D eigenvalue weighted by Gasteiger charge is 2.31. The van der Waals surface area contributed by atoms with Crippen LogP contribution in [0.15, 0.2) is 22.4 Å². The van der Waals surface area contributed by atoms with Gasteiger partial charge in [-0.25, -0.2) is 0 Å². The van der Waals surface area contributed by atoms with E-state index in [1.807, 2.05) is 41.5 Å². The van der Waals surface area contributed by atoms with Gasteiger partial charge in [-0.3, -0.25) is 0 Å². The molecule has 0 N–H and O–H groups in total. The topological polar surface area (TPSA) is 9.23 Å². The smallest absolute Gasteiger partial charge is 0.113 e. The lowest BCUT2D eigenvalue weighted by atomic mass is 9.76. The molecule has 0 heterocycles. The van der Waals surface area contributed by atoms with Crippen LogP contribution >= 0.6 is 15.9 Å². The van der Waals surface area contributed by atoms with Gasteiger partial charge in [0.1, 0.15) is 5.76 Å². The Balaban J connectivity index is 0. The Morgan fingerprint density at radius 2 is 1.63 bits per heavy atom. The maximum Gasteiger partial charge on any atom is 0.113 e. The Labute approximate surface area is 129 Å². The molecule has 2 heteroatoms. The van der Waals surface area contributed by atoms with Crippen LogP contribution in [0.4, 0.5) is 0 Å². The molecule has 0 saturated carbocycles. The highest BCUT2D eigenvalue weighted by atomic mass is 79.9. The van der Waals surface area contributed by atoms with E-state index in [1.54, 1.807) is 7.11 Å². The van der Waals surface area contributed by atoms with Gasteiger partial charge in [-0.05, 0) is 31.6 Å². The molecule has 2 aliphatic rings. The van der Waals surface area contributed by atoms with Crippen LogP contribution in [0.5, 0.6) is 0 Å². The molecule has 0 saturated heterocycles. The highest BCUT2D eigenvalue weighted by molar-refractivity contribution is 9.11. The third-order valence-corrected chi connectivity index (χ3v) is 3.87. The number of fused-ring (bicyclic) bond motifs is 1. The minimum absolute atomic E-state index is 0.543. The van der Waals surface area contributed by atoms with Gasteiger partial charge < -0.3 is 4.74 Å². The molecule has 0 aromatic heterocycles. The van der Waals surface area contributed by atoms with Crippen LogP contribution in [0.2, 0.25) is 0 Å². The SMILES string of the molecule is CC.CC.CC.COC1=C(Br)CCC2CCC=CC12. The number of hydrogen-bond donors (Lipinski definition) is 0.